The molecule has 0 atom stereocenters. The molecule has 3 N–H and O–H groups in total. The molecular weight excluding hydrogens is 412 g/mol. The Balaban J connectivity index is 1.51. The van der Waals surface area contributed by atoms with E-state index in [4.69, 9.17) is 20.4 Å². The van der Waals surface area contributed by atoms with Crippen molar-refractivity contribution in [1.29, 1.82) is 0 Å². The van der Waals surface area contributed by atoms with Crippen LogP contribution in [0.5, 0.6) is 11.5 Å². The highest BCUT2D eigenvalue weighted by Crippen LogP contribution is 2.31. The van der Waals surface area contributed by atoms with Gasteiger partial charge in [-0.05, 0) is 49.2 Å². The van der Waals surface area contributed by atoms with E-state index in [9.17, 15) is 0 Å². The van der Waals surface area contributed by atoms with Crippen molar-refractivity contribution in [2.45, 2.75) is 12.8 Å². The van der Waals surface area contributed by atoms with Gasteiger partial charge in [0, 0.05) is 23.9 Å². The van der Waals surface area contributed by atoms with E-state index in [2.05, 4.69) is 15.3 Å². The predicted octanol–water partition coefficient (Wildman–Crippen LogP) is 5.06. The molecule has 0 aliphatic heterocycles. The Kier molecular flexibility index (Phi) is 5.68. The van der Waals surface area contributed by atoms with Crippen molar-refractivity contribution in [3.63, 3.8) is 0 Å². The van der Waals surface area contributed by atoms with Gasteiger partial charge in [-0.15, -0.1) is 0 Å². The monoisotopic (exact) mass is 436 g/mol. The Morgan fingerprint density at radius 3 is 2.48 bits per heavy atom. The standard InChI is InChI=1S/C26H24N6O/c1-28-23(17-14-15-17)31-26(27)32-25-21-12-5-6-13-22(21)29-24(30-25)18-8-7-11-20(16-18)33-19-9-3-2-4-10-19/h2-13,16-17H,14-15H2,1H3,(H3,27,28,29,30,31,32). The van der Waals surface area contributed by atoms with Gasteiger partial charge < -0.3 is 15.8 Å². The van der Waals surface area contributed by atoms with Gasteiger partial charge in [0.2, 0.25) is 5.96 Å². The number of nitrogens with two attached hydrogens (primary N) is 1. The Labute approximate surface area is 192 Å². The number of nitrogens with one attached hydrogen (secondary N) is 1. The van der Waals surface area contributed by atoms with Gasteiger partial charge in [0.25, 0.3) is 0 Å². The number of rotatable bonds is 5. The van der Waals surface area contributed by atoms with Crippen LogP contribution in [0.4, 0.5) is 5.82 Å². The summed E-state index contributed by atoms with van der Waals surface area (Å²) in [5.74, 6) is 4.08. The quantitative estimate of drug-likeness (QED) is 0.336. The van der Waals surface area contributed by atoms with Gasteiger partial charge in [-0.2, -0.15) is 4.99 Å². The largest absolute Gasteiger partial charge is 0.457 e. The lowest BCUT2D eigenvalue weighted by Crippen LogP contribution is -2.37. The van der Waals surface area contributed by atoms with Crippen LogP contribution >= 0.6 is 0 Å². The van der Waals surface area contributed by atoms with E-state index in [1.807, 2.05) is 78.9 Å². The van der Waals surface area contributed by atoms with E-state index in [0.717, 1.165) is 40.9 Å². The summed E-state index contributed by atoms with van der Waals surface area (Å²) in [5.41, 5.74) is 7.83. The first-order valence-corrected chi connectivity index (χ1v) is 10.9. The van der Waals surface area contributed by atoms with Gasteiger partial charge in [0.05, 0.1) is 5.52 Å². The summed E-state index contributed by atoms with van der Waals surface area (Å²) in [6.07, 6.45) is 2.24. The number of ether oxygens (including phenoxy) is 1. The summed E-state index contributed by atoms with van der Waals surface area (Å²) in [7, 11) is 1.76. The van der Waals surface area contributed by atoms with Crippen molar-refractivity contribution in [1.82, 2.24) is 15.3 Å². The molecule has 0 unspecified atom stereocenters. The second-order valence-corrected chi connectivity index (χ2v) is 7.84. The van der Waals surface area contributed by atoms with Crippen LogP contribution < -0.4 is 15.8 Å². The fraction of sp³-hybridized carbons (Fsp3) is 0.154. The van der Waals surface area contributed by atoms with Crippen molar-refractivity contribution in [2.24, 2.45) is 21.6 Å². The molecule has 0 saturated heterocycles. The summed E-state index contributed by atoms with van der Waals surface area (Å²) >= 11 is 0. The summed E-state index contributed by atoms with van der Waals surface area (Å²) in [6.45, 7) is 0. The second kappa shape index (κ2) is 9.08. The lowest BCUT2D eigenvalue weighted by Gasteiger charge is -2.10. The van der Waals surface area contributed by atoms with Crippen LogP contribution in [0.3, 0.4) is 0 Å². The average molecular weight is 437 g/mol. The van der Waals surface area contributed by atoms with Crippen molar-refractivity contribution >= 4 is 28.5 Å². The van der Waals surface area contributed by atoms with Crippen LogP contribution in [0.1, 0.15) is 12.8 Å². The first-order valence-electron chi connectivity index (χ1n) is 10.9. The molecule has 0 amide bonds. The summed E-state index contributed by atoms with van der Waals surface area (Å²) in [6, 6.07) is 25.1. The smallest absolute Gasteiger partial charge is 0.200 e. The van der Waals surface area contributed by atoms with Crippen LogP contribution in [-0.4, -0.2) is 28.8 Å². The Morgan fingerprint density at radius 2 is 1.70 bits per heavy atom. The Bertz CT molecular complexity index is 1350. The minimum atomic E-state index is 0.262. The third kappa shape index (κ3) is 4.82. The van der Waals surface area contributed by atoms with Gasteiger partial charge in [0.15, 0.2) is 11.6 Å². The summed E-state index contributed by atoms with van der Waals surface area (Å²) < 4.78 is 5.98. The van der Waals surface area contributed by atoms with Crippen molar-refractivity contribution in [3.05, 3.63) is 78.9 Å². The van der Waals surface area contributed by atoms with Gasteiger partial charge in [-0.1, -0.05) is 42.5 Å². The third-order valence-electron chi connectivity index (χ3n) is 5.34. The zero-order chi connectivity index (χ0) is 22.6. The molecule has 1 heterocycles. The topological polar surface area (TPSA) is 97.8 Å². The number of hydrogen-bond donors (Lipinski definition) is 2. The molecule has 164 valence electrons. The van der Waals surface area contributed by atoms with Crippen LogP contribution in [0.15, 0.2) is 88.8 Å². The van der Waals surface area contributed by atoms with Crippen molar-refractivity contribution in [2.75, 3.05) is 7.05 Å². The predicted molar refractivity (Wildman–Crippen MR) is 132 cm³/mol. The molecule has 0 radical (unpaired) electrons. The molecule has 7 heteroatoms. The minimum Gasteiger partial charge on any atom is -0.457 e. The van der Waals surface area contributed by atoms with Gasteiger partial charge in [-0.25, -0.2) is 9.97 Å². The van der Waals surface area contributed by atoms with E-state index in [1.54, 1.807) is 7.05 Å². The highest BCUT2D eigenvalue weighted by molar-refractivity contribution is 6.03. The second-order valence-electron chi connectivity index (χ2n) is 7.84. The SMILES string of the molecule is CN=C(NC(N)=Nc1nc(-c2cccc(Oc3ccccc3)c2)nc2ccccc12)C1CC1. The lowest BCUT2D eigenvalue weighted by atomic mass is 10.1. The molecule has 4 aromatic rings. The highest BCUT2D eigenvalue weighted by atomic mass is 16.5. The maximum atomic E-state index is 6.22. The van der Waals surface area contributed by atoms with E-state index in [0.29, 0.717) is 23.3 Å². The number of nitrogens with zero attached hydrogens (tertiary/aromatic N) is 4. The zero-order valence-corrected chi connectivity index (χ0v) is 18.3. The fourth-order valence-corrected chi connectivity index (χ4v) is 3.57. The van der Waals surface area contributed by atoms with Gasteiger partial charge in [-0.3, -0.25) is 4.99 Å². The van der Waals surface area contributed by atoms with Crippen molar-refractivity contribution < 1.29 is 4.74 Å². The number of fused-ring (bicyclic) bond motifs is 1. The average Bonchev–Trinajstić information content (AvgIpc) is 3.69. The van der Waals surface area contributed by atoms with E-state index in [1.165, 1.54) is 0 Å². The van der Waals surface area contributed by atoms with E-state index >= 15 is 0 Å². The molecule has 33 heavy (non-hydrogen) atoms. The molecule has 1 aliphatic rings. The fourth-order valence-electron chi connectivity index (χ4n) is 3.57. The number of aromatic nitrogens is 2. The Hall–Kier alpha value is -4.26. The molecular formula is C26H24N6O. The van der Waals surface area contributed by atoms with E-state index < -0.39 is 0 Å². The van der Waals surface area contributed by atoms with Gasteiger partial charge >= 0.3 is 0 Å². The lowest BCUT2D eigenvalue weighted by molar-refractivity contribution is 0.483. The molecule has 0 spiro atoms. The van der Waals surface area contributed by atoms with Crippen LogP contribution in [0.2, 0.25) is 0 Å². The molecule has 0 bridgehead atoms. The van der Waals surface area contributed by atoms with Crippen LogP contribution in [-0.2, 0) is 0 Å². The first-order chi connectivity index (χ1) is 16.2. The number of para-hydroxylation sites is 2. The molecule has 1 aromatic heterocycles. The molecule has 3 aromatic carbocycles. The summed E-state index contributed by atoms with van der Waals surface area (Å²) in [4.78, 5) is 18.4. The molecule has 1 fully saturated rings. The Morgan fingerprint density at radius 1 is 0.939 bits per heavy atom. The van der Waals surface area contributed by atoms with Crippen molar-refractivity contribution in [3.8, 4) is 22.9 Å². The zero-order valence-electron chi connectivity index (χ0n) is 18.3. The highest BCUT2D eigenvalue weighted by Gasteiger charge is 2.27. The number of aliphatic imine (C=N–C) groups is 2. The van der Waals surface area contributed by atoms with Gasteiger partial charge in [0.1, 0.15) is 17.3 Å². The number of guanidine groups is 1. The molecule has 5 rings (SSSR count). The van der Waals surface area contributed by atoms with Crippen LogP contribution in [0, 0.1) is 5.92 Å². The van der Waals surface area contributed by atoms with E-state index in [-0.39, 0.29) is 5.96 Å². The van der Waals surface area contributed by atoms with Crippen LogP contribution in [0.25, 0.3) is 22.3 Å². The first kappa shape index (κ1) is 20.6. The third-order valence-corrected chi connectivity index (χ3v) is 5.34. The normalized spacial score (nSPS) is 14.3. The number of amidine groups is 1. The number of benzene rings is 3. The maximum absolute atomic E-state index is 6.22. The number of hydrogen-bond acceptors (Lipinski definition) is 5. The molecule has 7 nitrogen and oxygen atoms in total. The maximum Gasteiger partial charge on any atom is 0.200 e. The summed E-state index contributed by atoms with van der Waals surface area (Å²) in [5, 5.41) is 3.96. The minimum absolute atomic E-state index is 0.262. The molecule has 1 aliphatic carbocycles. The molecule has 1 saturated carbocycles.